The third-order valence-corrected chi connectivity index (χ3v) is 3.56. The summed E-state index contributed by atoms with van der Waals surface area (Å²) in [4.78, 5) is 0. The highest BCUT2D eigenvalue weighted by atomic mass is 16.3. The zero-order chi connectivity index (χ0) is 14.3. The molecule has 0 saturated heterocycles. The van der Waals surface area contributed by atoms with Gasteiger partial charge in [-0.05, 0) is 26.2 Å². The molecule has 0 bridgehead atoms. The van der Waals surface area contributed by atoms with Gasteiger partial charge in [0.2, 0.25) is 0 Å². The lowest BCUT2D eigenvalue weighted by Gasteiger charge is -2.11. The van der Waals surface area contributed by atoms with E-state index in [-0.39, 0.29) is 12.2 Å². The summed E-state index contributed by atoms with van der Waals surface area (Å²) in [5.41, 5.74) is 0. The van der Waals surface area contributed by atoms with Gasteiger partial charge in [-0.2, -0.15) is 0 Å². The molecule has 0 heterocycles. The molecule has 0 radical (unpaired) electrons. The molecule has 0 aromatic carbocycles. The first-order chi connectivity index (χ1) is 9.16. The smallest absolute Gasteiger partial charge is 0.0564 e. The van der Waals surface area contributed by atoms with Crippen LogP contribution in [0.1, 0.15) is 84.0 Å². The average molecular weight is 274 g/mol. The molecule has 3 N–H and O–H groups in total. The Bertz CT molecular complexity index is 171. The molecule has 0 spiro atoms. The number of aliphatic hydroxyl groups is 3. The van der Waals surface area contributed by atoms with Gasteiger partial charge >= 0.3 is 0 Å². The zero-order valence-corrected chi connectivity index (χ0v) is 12.7. The molecule has 0 aliphatic heterocycles. The minimum Gasteiger partial charge on any atom is -0.396 e. The van der Waals surface area contributed by atoms with E-state index in [2.05, 4.69) is 0 Å². The maximum absolute atomic E-state index is 9.59. The van der Waals surface area contributed by atoms with E-state index in [0.717, 1.165) is 25.7 Å². The van der Waals surface area contributed by atoms with Crippen molar-refractivity contribution >= 4 is 0 Å². The third-order valence-electron chi connectivity index (χ3n) is 3.56. The molecule has 19 heavy (non-hydrogen) atoms. The number of hydrogen-bond donors (Lipinski definition) is 3. The van der Waals surface area contributed by atoms with Crippen molar-refractivity contribution in [1.29, 1.82) is 0 Å². The Morgan fingerprint density at radius 2 is 1.11 bits per heavy atom. The molecule has 0 fully saturated rings. The zero-order valence-electron chi connectivity index (χ0n) is 12.7. The molecule has 0 amide bonds. The molecule has 0 aliphatic rings. The monoisotopic (exact) mass is 274 g/mol. The fourth-order valence-corrected chi connectivity index (χ4v) is 2.42. The quantitative estimate of drug-likeness (QED) is 0.425. The van der Waals surface area contributed by atoms with Gasteiger partial charge in [0.05, 0.1) is 12.2 Å². The van der Waals surface area contributed by atoms with Crippen molar-refractivity contribution in [3.8, 4) is 0 Å². The van der Waals surface area contributed by atoms with E-state index in [0.29, 0.717) is 13.0 Å². The number of aliphatic hydroxyl groups excluding tert-OH is 3. The summed E-state index contributed by atoms with van der Waals surface area (Å²) < 4.78 is 0. The van der Waals surface area contributed by atoms with Crippen LogP contribution < -0.4 is 0 Å². The van der Waals surface area contributed by atoms with Gasteiger partial charge < -0.3 is 15.3 Å². The van der Waals surface area contributed by atoms with E-state index in [4.69, 9.17) is 10.2 Å². The van der Waals surface area contributed by atoms with Crippen LogP contribution >= 0.6 is 0 Å². The van der Waals surface area contributed by atoms with Crippen molar-refractivity contribution in [3.63, 3.8) is 0 Å². The lowest BCUT2D eigenvalue weighted by molar-refractivity contribution is 0.0834. The molecule has 0 aromatic heterocycles. The van der Waals surface area contributed by atoms with Crippen LogP contribution in [-0.2, 0) is 0 Å². The van der Waals surface area contributed by atoms with Gasteiger partial charge in [0.15, 0.2) is 0 Å². The number of hydrogen-bond acceptors (Lipinski definition) is 3. The lowest BCUT2D eigenvalue weighted by Crippen LogP contribution is -2.14. The largest absolute Gasteiger partial charge is 0.396 e. The fraction of sp³-hybridized carbons (Fsp3) is 1.00. The van der Waals surface area contributed by atoms with Crippen LogP contribution in [0, 0.1) is 0 Å². The van der Waals surface area contributed by atoms with E-state index in [1.165, 1.54) is 44.9 Å². The molecule has 2 unspecified atom stereocenters. The summed E-state index contributed by atoms with van der Waals surface area (Å²) >= 11 is 0. The van der Waals surface area contributed by atoms with E-state index in [1.54, 1.807) is 6.92 Å². The normalized spacial score (nSPS) is 14.5. The van der Waals surface area contributed by atoms with E-state index >= 15 is 0 Å². The summed E-state index contributed by atoms with van der Waals surface area (Å²) in [5, 5.41) is 27.4. The standard InChI is InChI=1S/C16H34O3/c1-15(18)14-16(19)12-10-8-6-4-2-3-5-7-9-11-13-17/h15-19H,2-14H2,1H3. The Hall–Kier alpha value is -0.120. The summed E-state index contributed by atoms with van der Waals surface area (Å²) in [7, 11) is 0. The van der Waals surface area contributed by atoms with Gasteiger partial charge in [-0.15, -0.1) is 0 Å². The van der Waals surface area contributed by atoms with Crippen molar-refractivity contribution in [2.45, 2.75) is 96.2 Å². The van der Waals surface area contributed by atoms with Gasteiger partial charge in [-0.1, -0.05) is 57.8 Å². The Balaban J connectivity index is 3.06. The van der Waals surface area contributed by atoms with Crippen molar-refractivity contribution in [1.82, 2.24) is 0 Å². The Morgan fingerprint density at radius 1 is 0.684 bits per heavy atom. The van der Waals surface area contributed by atoms with Crippen LogP contribution in [0.4, 0.5) is 0 Å². The van der Waals surface area contributed by atoms with Crippen LogP contribution in [-0.4, -0.2) is 34.1 Å². The molecule has 3 nitrogen and oxygen atoms in total. The number of unbranched alkanes of at least 4 members (excludes halogenated alkanes) is 9. The predicted octanol–water partition coefficient (Wildman–Crippen LogP) is 3.40. The van der Waals surface area contributed by atoms with Crippen LogP contribution in [0.2, 0.25) is 0 Å². The van der Waals surface area contributed by atoms with Crippen molar-refractivity contribution in [3.05, 3.63) is 0 Å². The molecule has 2 atom stereocenters. The molecule has 0 saturated carbocycles. The van der Waals surface area contributed by atoms with Crippen LogP contribution in [0.5, 0.6) is 0 Å². The van der Waals surface area contributed by atoms with Crippen LogP contribution in [0.15, 0.2) is 0 Å². The first-order valence-electron chi connectivity index (χ1n) is 8.13. The highest BCUT2D eigenvalue weighted by molar-refractivity contribution is 4.60. The Morgan fingerprint density at radius 3 is 1.53 bits per heavy atom. The minimum atomic E-state index is -0.388. The second kappa shape index (κ2) is 14.3. The molecule has 0 aliphatic carbocycles. The first kappa shape index (κ1) is 18.9. The highest BCUT2D eigenvalue weighted by Crippen LogP contribution is 2.13. The van der Waals surface area contributed by atoms with Gasteiger partial charge in [-0.25, -0.2) is 0 Å². The molecule has 116 valence electrons. The Kier molecular flexibility index (Phi) is 14.2. The molecule has 0 rings (SSSR count). The number of rotatable bonds is 14. The average Bonchev–Trinajstić information content (AvgIpc) is 2.35. The fourth-order valence-electron chi connectivity index (χ4n) is 2.42. The van der Waals surface area contributed by atoms with Crippen LogP contribution in [0.3, 0.4) is 0 Å². The Labute approximate surface area is 119 Å². The molecular weight excluding hydrogens is 240 g/mol. The maximum Gasteiger partial charge on any atom is 0.0564 e. The van der Waals surface area contributed by atoms with E-state index < -0.39 is 0 Å². The predicted molar refractivity (Wildman–Crippen MR) is 80.2 cm³/mol. The minimum absolute atomic E-state index is 0.327. The molecule has 3 heteroatoms. The second-order valence-electron chi connectivity index (χ2n) is 5.79. The summed E-state index contributed by atoms with van der Waals surface area (Å²) in [6, 6.07) is 0. The van der Waals surface area contributed by atoms with Crippen molar-refractivity contribution in [2.75, 3.05) is 6.61 Å². The van der Waals surface area contributed by atoms with Gasteiger partial charge in [0, 0.05) is 6.61 Å². The first-order valence-corrected chi connectivity index (χ1v) is 8.13. The second-order valence-corrected chi connectivity index (χ2v) is 5.79. The van der Waals surface area contributed by atoms with Gasteiger partial charge in [0.1, 0.15) is 0 Å². The third kappa shape index (κ3) is 15.8. The summed E-state index contributed by atoms with van der Waals surface area (Å²) in [5.74, 6) is 0. The molecule has 0 aromatic rings. The van der Waals surface area contributed by atoms with Crippen molar-refractivity contribution in [2.24, 2.45) is 0 Å². The van der Waals surface area contributed by atoms with Crippen molar-refractivity contribution < 1.29 is 15.3 Å². The lowest BCUT2D eigenvalue weighted by atomic mass is 10.0. The topological polar surface area (TPSA) is 60.7 Å². The molecular formula is C16H34O3. The van der Waals surface area contributed by atoms with Crippen LogP contribution in [0.25, 0.3) is 0 Å². The SMILES string of the molecule is CC(O)CC(O)CCCCCCCCCCCCO. The maximum atomic E-state index is 9.59. The van der Waals surface area contributed by atoms with E-state index in [9.17, 15) is 5.11 Å². The summed E-state index contributed by atoms with van der Waals surface area (Å²) in [6.07, 6.45) is 12.8. The van der Waals surface area contributed by atoms with E-state index in [1.807, 2.05) is 0 Å². The van der Waals surface area contributed by atoms with Gasteiger partial charge in [-0.3, -0.25) is 0 Å². The summed E-state index contributed by atoms with van der Waals surface area (Å²) in [6.45, 7) is 2.06. The highest BCUT2D eigenvalue weighted by Gasteiger charge is 2.06. The van der Waals surface area contributed by atoms with Gasteiger partial charge in [0.25, 0.3) is 0 Å².